The Morgan fingerprint density at radius 1 is 1.07 bits per heavy atom. The van der Waals surface area contributed by atoms with Gasteiger partial charge in [0.1, 0.15) is 0 Å². The first kappa shape index (κ1) is 18.5. The monoisotopic (exact) mass is 361 g/mol. The molecular weight excluding hydrogens is 338 g/mol. The Hall–Kier alpha value is -3.27. The van der Waals surface area contributed by atoms with Crippen molar-refractivity contribution in [2.24, 2.45) is 0 Å². The van der Waals surface area contributed by atoms with Gasteiger partial charge in [0, 0.05) is 23.6 Å². The Kier molecular flexibility index (Phi) is 5.46. The number of hydrogen-bond acceptors (Lipinski definition) is 3. The number of methoxy groups -OCH3 is 2. The van der Waals surface area contributed by atoms with Gasteiger partial charge in [0.05, 0.1) is 19.9 Å². The van der Waals surface area contributed by atoms with E-state index in [2.05, 4.69) is 6.58 Å². The van der Waals surface area contributed by atoms with Crippen molar-refractivity contribution in [1.29, 1.82) is 0 Å². The molecule has 3 rings (SSSR count). The van der Waals surface area contributed by atoms with Crippen molar-refractivity contribution in [2.45, 2.75) is 6.42 Å². The largest absolute Gasteiger partial charge is 0.493 e. The Bertz CT molecular complexity index is 989. The SMILES string of the molecule is C=CCc1cc(C(=O)N(C)c2cccc3ccccc23)cc(OC)c1OC. The van der Waals surface area contributed by atoms with E-state index in [0.717, 1.165) is 22.0 Å². The number of hydrogen-bond donors (Lipinski definition) is 0. The lowest BCUT2D eigenvalue weighted by molar-refractivity contribution is 0.0992. The summed E-state index contributed by atoms with van der Waals surface area (Å²) in [6.07, 6.45) is 2.36. The van der Waals surface area contributed by atoms with Gasteiger partial charge < -0.3 is 14.4 Å². The highest BCUT2D eigenvalue weighted by atomic mass is 16.5. The summed E-state index contributed by atoms with van der Waals surface area (Å²) in [5, 5.41) is 2.12. The molecule has 0 aromatic heterocycles. The molecule has 4 nitrogen and oxygen atoms in total. The maximum atomic E-state index is 13.2. The van der Waals surface area contributed by atoms with Gasteiger partial charge in [-0.3, -0.25) is 4.79 Å². The van der Waals surface area contributed by atoms with Crippen LogP contribution >= 0.6 is 0 Å². The van der Waals surface area contributed by atoms with E-state index in [1.165, 1.54) is 0 Å². The zero-order valence-electron chi connectivity index (χ0n) is 15.9. The number of fused-ring (bicyclic) bond motifs is 1. The molecule has 4 heteroatoms. The van der Waals surface area contributed by atoms with Crippen LogP contribution in [0.1, 0.15) is 15.9 Å². The number of rotatable bonds is 6. The Morgan fingerprint density at radius 2 is 1.81 bits per heavy atom. The van der Waals surface area contributed by atoms with E-state index in [1.54, 1.807) is 38.3 Å². The number of allylic oxidation sites excluding steroid dienone is 1. The molecule has 3 aromatic carbocycles. The normalized spacial score (nSPS) is 10.5. The van der Waals surface area contributed by atoms with Crippen molar-refractivity contribution in [2.75, 3.05) is 26.2 Å². The van der Waals surface area contributed by atoms with E-state index in [0.29, 0.717) is 23.5 Å². The zero-order valence-corrected chi connectivity index (χ0v) is 15.9. The molecular formula is C23H23NO3. The summed E-state index contributed by atoms with van der Waals surface area (Å²) in [6, 6.07) is 17.5. The van der Waals surface area contributed by atoms with Crippen LogP contribution in [0.2, 0.25) is 0 Å². The second kappa shape index (κ2) is 7.96. The van der Waals surface area contributed by atoms with Crippen molar-refractivity contribution in [3.05, 3.63) is 78.4 Å². The highest BCUT2D eigenvalue weighted by Gasteiger charge is 2.20. The molecule has 0 N–H and O–H groups in total. The van der Waals surface area contributed by atoms with Crippen LogP contribution < -0.4 is 14.4 Å². The van der Waals surface area contributed by atoms with Gasteiger partial charge in [-0.25, -0.2) is 0 Å². The van der Waals surface area contributed by atoms with Crippen LogP contribution in [0.3, 0.4) is 0 Å². The first-order valence-corrected chi connectivity index (χ1v) is 8.72. The minimum absolute atomic E-state index is 0.113. The lowest BCUT2D eigenvalue weighted by Gasteiger charge is -2.21. The number of benzene rings is 3. The summed E-state index contributed by atoms with van der Waals surface area (Å²) in [7, 11) is 4.94. The summed E-state index contributed by atoms with van der Waals surface area (Å²) in [6.45, 7) is 3.79. The minimum Gasteiger partial charge on any atom is -0.493 e. The minimum atomic E-state index is -0.113. The highest BCUT2D eigenvalue weighted by molar-refractivity contribution is 6.10. The van der Waals surface area contributed by atoms with Crippen molar-refractivity contribution in [3.8, 4) is 11.5 Å². The lowest BCUT2D eigenvalue weighted by Crippen LogP contribution is -2.26. The molecule has 0 atom stereocenters. The van der Waals surface area contributed by atoms with Gasteiger partial charge >= 0.3 is 0 Å². The predicted octanol–water partition coefficient (Wildman–Crippen LogP) is 4.86. The van der Waals surface area contributed by atoms with E-state index in [1.807, 2.05) is 48.5 Å². The van der Waals surface area contributed by atoms with E-state index >= 15 is 0 Å². The molecule has 0 spiro atoms. The van der Waals surface area contributed by atoms with E-state index in [-0.39, 0.29) is 5.91 Å². The second-order valence-corrected chi connectivity index (χ2v) is 6.23. The summed E-state index contributed by atoms with van der Waals surface area (Å²) in [5.74, 6) is 1.05. The molecule has 27 heavy (non-hydrogen) atoms. The number of carbonyl (C=O) groups is 1. The van der Waals surface area contributed by atoms with Crippen LogP contribution in [0.25, 0.3) is 10.8 Å². The number of carbonyl (C=O) groups excluding carboxylic acids is 1. The molecule has 0 radical (unpaired) electrons. The van der Waals surface area contributed by atoms with Gasteiger partial charge in [0.25, 0.3) is 5.91 Å². The van der Waals surface area contributed by atoms with Crippen molar-refractivity contribution < 1.29 is 14.3 Å². The highest BCUT2D eigenvalue weighted by Crippen LogP contribution is 2.34. The Morgan fingerprint density at radius 3 is 2.52 bits per heavy atom. The van der Waals surface area contributed by atoms with Gasteiger partial charge in [-0.2, -0.15) is 0 Å². The maximum Gasteiger partial charge on any atom is 0.258 e. The van der Waals surface area contributed by atoms with E-state index < -0.39 is 0 Å². The van der Waals surface area contributed by atoms with Crippen LogP contribution in [-0.4, -0.2) is 27.2 Å². The molecule has 0 fully saturated rings. The third kappa shape index (κ3) is 3.51. The molecule has 0 saturated carbocycles. The van der Waals surface area contributed by atoms with Gasteiger partial charge in [-0.15, -0.1) is 6.58 Å². The van der Waals surface area contributed by atoms with Gasteiger partial charge in [-0.1, -0.05) is 42.5 Å². The van der Waals surface area contributed by atoms with Crippen molar-refractivity contribution in [1.82, 2.24) is 0 Å². The summed E-state index contributed by atoms with van der Waals surface area (Å²) in [5.41, 5.74) is 2.26. The number of amides is 1. The fourth-order valence-electron chi connectivity index (χ4n) is 3.28. The van der Waals surface area contributed by atoms with Gasteiger partial charge in [-0.05, 0) is 30.0 Å². The maximum absolute atomic E-state index is 13.2. The number of ether oxygens (including phenoxy) is 2. The lowest BCUT2D eigenvalue weighted by atomic mass is 10.0. The number of nitrogens with zero attached hydrogens (tertiary/aromatic N) is 1. The molecule has 0 saturated heterocycles. The third-order valence-electron chi connectivity index (χ3n) is 4.60. The fraction of sp³-hybridized carbons (Fsp3) is 0.174. The van der Waals surface area contributed by atoms with Crippen molar-refractivity contribution in [3.63, 3.8) is 0 Å². The molecule has 0 aliphatic carbocycles. The number of anilines is 1. The summed E-state index contributed by atoms with van der Waals surface area (Å²) >= 11 is 0. The molecule has 1 amide bonds. The molecule has 0 heterocycles. The molecule has 3 aromatic rings. The molecule has 0 aliphatic heterocycles. The third-order valence-corrected chi connectivity index (χ3v) is 4.60. The van der Waals surface area contributed by atoms with Crippen LogP contribution in [-0.2, 0) is 6.42 Å². The fourth-order valence-corrected chi connectivity index (χ4v) is 3.28. The van der Waals surface area contributed by atoms with E-state index in [9.17, 15) is 4.79 Å². The average Bonchev–Trinajstić information content (AvgIpc) is 2.71. The molecule has 0 bridgehead atoms. The van der Waals surface area contributed by atoms with Crippen LogP contribution in [0.4, 0.5) is 5.69 Å². The Balaban J connectivity index is 2.06. The molecule has 0 unspecified atom stereocenters. The Labute approximate surface area is 159 Å². The summed E-state index contributed by atoms with van der Waals surface area (Å²) < 4.78 is 10.9. The molecule has 138 valence electrons. The topological polar surface area (TPSA) is 38.8 Å². The second-order valence-electron chi connectivity index (χ2n) is 6.23. The van der Waals surface area contributed by atoms with Crippen LogP contribution in [0.5, 0.6) is 11.5 Å². The quantitative estimate of drug-likeness (QED) is 0.589. The molecule has 0 aliphatic rings. The van der Waals surface area contributed by atoms with Crippen molar-refractivity contribution >= 4 is 22.4 Å². The average molecular weight is 361 g/mol. The standard InChI is InChI=1S/C23H23NO3/c1-5-9-17-14-18(15-21(26-3)22(17)27-4)23(25)24(2)20-13-8-11-16-10-6-7-12-19(16)20/h5-8,10-15H,1,9H2,2-4H3. The first-order chi connectivity index (χ1) is 13.1. The van der Waals surface area contributed by atoms with Gasteiger partial charge in [0.2, 0.25) is 0 Å². The zero-order chi connectivity index (χ0) is 19.4. The van der Waals surface area contributed by atoms with Crippen LogP contribution in [0.15, 0.2) is 67.3 Å². The summed E-state index contributed by atoms with van der Waals surface area (Å²) in [4.78, 5) is 14.9. The predicted molar refractivity (Wildman–Crippen MR) is 110 cm³/mol. The first-order valence-electron chi connectivity index (χ1n) is 8.72. The van der Waals surface area contributed by atoms with Gasteiger partial charge in [0.15, 0.2) is 11.5 Å². The van der Waals surface area contributed by atoms with Crippen LogP contribution in [0, 0.1) is 0 Å². The van der Waals surface area contributed by atoms with E-state index in [4.69, 9.17) is 9.47 Å². The smallest absolute Gasteiger partial charge is 0.258 e.